The Balaban J connectivity index is 2.15. The average Bonchev–Trinajstić information content (AvgIpc) is 2.37. The molecule has 0 fully saturated rings. The minimum absolute atomic E-state index is 0.748. The van der Waals surface area contributed by atoms with Crippen LogP contribution in [0, 0.1) is 0 Å². The SMILES string of the molecule is SCCCCOc1ccc2ccccc2c1Br. The van der Waals surface area contributed by atoms with Crippen LogP contribution >= 0.6 is 28.6 Å². The third-order valence-electron chi connectivity index (χ3n) is 2.64. The lowest BCUT2D eigenvalue weighted by Gasteiger charge is -2.10. The molecule has 0 unspecified atom stereocenters. The van der Waals surface area contributed by atoms with Crippen LogP contribution in [0.15, 0.2) is 40.9 Å². The van der Waals surface area contributed by atoms with Crippen LogP contribution in [0.3, 0.4) is 0 Å². The molecule has 1 nitrogen and oxygen atoms in total. The summed E-state index contributed by atoms with van der Waals surface area (Å²) in [7, 11) is 0. The number of ether oxygens (including phenoxy) is 1. The Hall–Kier alpha value is -0.670. The van der Waals surface area contributed by atoms with Gasteiger partial charge in [-0.3, -0.25) is 0 Å². The molecule has 0 aliphatic heterocycles. The summed E-state index contributed by atoms with van der Waals surface area (Å²) in [6.45, 7) is 0.748. The van der Waals surface area contributed by atoms with Crippen LogP contribution in [0.1, 0.15) is 12.8 Å². The highest BCUT2D eigenvalue weighted by Crippen LogP contribution is 2.33. The molecule has 3 heteroatoms. The summed E-state index contributed by atoms with van der Waals surface area (Å²) in [6.07, 6.45) is 2.14. The molecule has 2 aromatic carbocycles. The Morgan fingerprint density at radius 3 is 2.71 bits per heavy atom. The fraction of sp³-hybridized carbons (Fsp3) is 0.286. The minimum atomic E-state index is 0.748. The van der Waals surface area contributed by atoms with Crippen molar-refractivity contribution in [1.29, 1.82) is 0 Å². The summed E-state index contributed by atoms with van der Waals surface area (Å²) in [6, 6.07) is 12.4. The zero-order chi connectivity index (χ0) is 12.1. The molecule has 17 heavy (non-hydrogen) atoms. The van der Waals surface area contributed by atoms with E-state index in [0.717, 1.165) is 35.4 Å². The lowest BCUT2D eigenvalue weighted by Crippen LogP contribution is -1.98. The largest absolute Gasteiger partial charge is 0.492 e. The Morgan fingerprint density at radius 1 is 1.06 bits per heavy atom. The van der Waals surface area contributed by atoms with Crippen LogP contribution in [0.4, 0.5) is 0 Å². The van der Waals surface area contributed by atoms with Crippen molar-refractivity contribution < 1.29 is 4.74 Å². The van der Waals surface area contributed by atoms with Crippen LogP contribution in [0.25, 0.3) is 10.8 Å². The van der Waals surface area contributed by atoms with E-state index in [-0.39, 0.29) is 0 Å². The van der Waals surface area contributed by atoms with Crippen molar-refractivity contribution in [2.75, 3.05) is 12.4 Å². The molecule has 0 N–H and O–H groups in total. The molecule has 0 spiro atoms. The van der Waals surface area contributed by atoms with Gasteiger partial charge in [-0.2, -0.15) is 12.6 Å². The van der Waals surface area contributed by atoms with Gasteiger partial charge in [-0.05, 0) is 51.4 Å². The second-order valence-electron chi connectivity index (χ2n) is 3.88. The molecular weight excluding hydrogens is 296 g/mol. The fourth-order valence-corrected chi connectivity index (χ4v) is 2.55. The third-order valence-corrected chi connectivity index (χ3v) is 3.77. The first kappa shape index (κ1) is 12.8. The maximum absolute atomic E-state index is 5.77. The molecule has 0 aliphatic carbocycles. The van der Waals surface area contributed by atoms with E-state index in [4.69, 9.17) is 4.74 Å². The van der Waals surface area contributed by atoms with Crippen molar-refractivity contribution in [2.24, 2.45) is 0 Å². The van der Waals surface area contributed by atoms with E-state index in [9.17, 15) is 0 Å². The van der Waals surface area contributed by atoms with Crippen molar-refractivity contribution in [3.63, 3.8) is 0 Å². The van der Waals surface area contributed by atoms with E-state index < -0.39 is 0 Å². The lowest BCUT2D eigenvalue weighted by atomic mass is 10.1. The first-order valence-corrected chi connectivity index (χ1v) is 7.16. The lowest BCUT2D eigenvalue weighted by molar-refractivity contribution is 0.308. The molecule has 0 amide bonds. The average molecular weight is 311 g/mol. The zero-order valence-corrected chi connectivity index (χ0v) is 12.0. The Bertz CT molecular complexity index is 499. The smallest absolute Gasteiger partial charge is 0.134 e. The minimum Gasteiger partial charge on any atom is -0.492 e. The number of thiol groups is 1. The van der Waals surface area contributed by atoms with E-state index >= 15 is 0 Å². The van der Waals surface area contributed by atoms with Crippen LogP contribution in [0.2, 0.25) is 0 Å². The van der Waals surface area contributed by atoms with E-state index in [2.05, 4.69) is 46.8 Å². The summed E-state index contributed by atoms with van der Waals surface area (Å²) in [5.41, 5.74) is 0. The van der Waals surface area contributed by atoms with E-state index in [1.807, 2.05) is 18.2 Å². The predicted molar refractivity (Wildman–Crippen MR) is 80.2 cm³/mol. The van der Waals surface area contributed by atoms with Gasteiger partial charge in [0.2, 0.25) is 0 Å². The summed E-state index contributed by atoms with van der Waals surface area (Å²) in [4.78, 5) is 0. The van der Waals surface area contributed by atoms with Crippen LogP contribution in [-0.4, -0.2) is 12.4 Å². The topological polar surface area (TPSA) is 9.23 Å². The zero-order valence-electron chi connectivity index (χ0n) is 9.53. The van der Waals surface area contributed by atoms with Crippen LogP contribution in [-0.2, 0) is 0 Å². The van der Waals surface area contributed by atoms with Crippen molar-refractivity contribution in [2.45, 2.75) is 12.8 Å². The van der Waals surface area contributed by atoms with E-state index in [1.165, 1.54) is 10.8 Å². The molecular formula is C14H15BrOS. The van der Waals surface area contributed by atoms with Crippen molar-refractivity contribution >= 4 is 39.3 Å². The molecule has 2 rings (SSSR count). The van der Waals surface area contributed by atoms with Gasteiger partial charge in [0.1, 0.15) is 5.75 Å². The molecule has 0 aliphatic rings. The number of rotatable bonds is 5. The quantitative estimate of drug-likeness (QED) is 0.622. The molecule has 0 aromatic heterocycles. The molecule has 0 heterocycles. The van der Waals surface area contributed by atoms with Gasteiger partial charge in [-0.1, -0.05) is 30.3 Å². The van der Waals surface area contributed by atoms with Crippen molar-refractivity contribution in [3.8, 4) is 5.75 Å². The van der Waals surface area contributed by atoms with Crippen molar-refractivity contribution in [1.82, 2.24) is 0 Å². The number of halogens is 1. The van der Waals surface area contributed by atoms with E-state index in [1.54, 1.807) is 0 Å². The molecule has 0 atom stereocenters. The number of hydrogen-bond donors (Lipinski definition) is 1. The molecule has 2 aromatic rings. The highest BCUT2D eigenvalue weighted by Gasteiger charge is 2.05. The highest BCUT2D eigenvalue weighted by molar-refractivity contribution is 9.10. The normalized spacial score (nSPS) is 10.7. The van der Waals surface area contributed by atoms with Gasteiger partial charge in [0.15, 0.2) is 0 Å². The molecule has 0 bridgehead atoms. The maximum atomic E-state index is 5.77. The third kappa shape index (κ3) is 3.17. The molecule has 0 radical (unpaired) electrons. The second-order valence-corrected chi connectivity index (χ2v) is 5.12. The first-order valence-electron chi connectivity index (χ1n) is 5.74. The monoisotopic (exact) mass is 310 g/mol. The van der Waals surface area contributed by atoms with Gasteiger partial charge in [0.05, 0.1) is 11.1 Å². The predicted octanol–water partition coefficient (Wildman–Crippen LogP) is 4.69. The number of unbranched alkanes of at least 4 members (excludes halogenated alkanes) is 1. The number of fused-ring (bicyclic) bond motifs is 1. The highest BCUT2D eigenvalue weighted by atomic mass is 79.9. The van der Waals surface area contributed by atoms with E-state index in [0.29, 0.717) is 0 Å². The van der Waals surface area contributed by atoms with Crippen LogP contribution < -0.4 is 4.74 Å². The molecule has 0 saturated carbocycles. The standard InChI is InChI=1S/C14H15BrOS/c15-14-12-6-2-1-5-11(12)7-8-13(14)16-9-3-4-10-17/h1-2,5-8,17H,3-4,9-10H2. The first-order chi connectivity index (χ1) is 8.33. The van der Waals surface area contributed by atoms with Crippen LogP contribution in [0.5, 0.6) is 5.75 Å². The summed E-state index contributed by atoms with van der Waals surface area (Å²) in [5, 5.41) is 2.42. The van der Waals surface area contributed by atoms with Gasteiger partial charge in [-0.25, -0.2) is 0 Å². The molecule has 90 valence electrons. The number of benzene rings is 2. The van der Waals surface area contributed by atoms with Gasteiger partial charge < -0.3 is 4.74 Å². The van der Waals surface area contributed by atoms with Crippen molar-refractivity contribution in [3.05, 3.63) is 40.9 Å². The summed E-state index contributed by atoms with van der Waals surface area (Å²) >= 11 is 7.80. The molecule has 0 saturated heterocycles. The van der Waals surface area contributed by atoms with Gasteiger partial charge in [0.25, 0.3) is 0 Å². The fourth-order valence-electron chi connectivity index (χ4n) is 1.72. The Morgan fingerprint density at radius 2 is 1.88 bits per heavy atom. The number of hydrogen-bond acceptors (Lipinski definition) is 2. The van der Waals surface area contributed by atoms with Gasteiger partial charge in [0, 0.05) is 0 Å². The Kier molecular flexibility index (Phi) is 4.75. The second kappa shape index (κ2) is 6.31. The summed E-state index contributed by atoms with van der Waals surface area (Å²) < 4.78 is 6.81. The maximum Gasteiger partial charge on any atom is 0.134 e. The Labute approximate surface area is 116 Å². The summed E-state index contributed by atoms with van der Waals surface area (Å²) in [5.74, 6) is 1.84. The van der Waals surface area contributed by atoms with Gasteiger partial charge >= 0.3 is 0 Å². The van der Waals surface area contributed by atoms with Gasteiger partial charge in [-0.15, -0.1) is 0 Å².